The Labute approximate surface area is 113 Å². The maximum atomic E-state index is 5.90. The summed E-state index contributed by atoms with van der Waals surface area (Å²) >= 11 is 0. The van der Waals surface area contributed by atoms with Crippen LogP contribution < -0.4 is 5.73 Å². The van der Waals surface area contributed by atoms with E-state index in [0.717, 1.165) is 45.1 Å². The van der Waals surface area contributed by atoms with Gasteiger partial charge in [0.25, 0.3) is 0 Å². The summed E-state index contributed by atoms with van der Waals surface area (Å²) in [7, 11) is 0. The van der Waals surface area contributed by atoms with Gasteiger partial charge in [-0.25, -0.2) is 0 Å². The highest BCUT2D eigenvalue weighted by atomic mass is 16.5. The fraction of sp³-hybridized carbons (Fsp3) is 0.467. The van der Waals surface area contributed by atoms with Crippen LogP contribution in [0.5, 0.6) is 0 Å². The number of nitrogens with two attached hydrogens (primary N) is 1. The fourth-order valence-electron chi connectivity index (χ4n) is 2.77. The highest BCUT2D eigenvalue weighted by Crippen LogP contribution is 2.25. The summed E-state index contributed by atoms with van der Waals surface area (Å²) in [5, 5.41) is 1.32. The normalized spacial score (nSPS) is 17.1. The molecule has 0 unspecified atom stereocenters. The van der Waals surface area contributed by atoms with Crippen molar-refractivity contribution in [3.05, 3.63) is 30.0 Å². The van der Waals surface area contributed by atoms with Gasteiger partial charge in [-0.15, -0.1) is 0 Å². The van der Waals surface area contributed by atoms with Crippen molar-refractivity contribution in [1.82, 2.24) is 9.47 Å². The minimum atomic E-state index is 0.832. The van der Waals surface area contributed by atoms with Crippen LogP contribution in [0.1, 0.15) is 12.5 Å². The number of rotatable bonds is 3. The van der Waals surface area contributed by atoms with Gasteiger partial charge >= 0.3 is 0 Å². The molecule has 0 aliphatic carbocycles. The molecule has 2 N–H and O–H groups in total. The van der Waals surface area contributed by atoms with Gasteiger partial charge in [-0.05, 0) is 24.6 Å². The zero-order chi connectivity index (χ0) is 13.2. The molecular formula is C15H21N3O. The number of aromatic nitrogens is 1. The Morgan fingerprint density at radius 2 is 2.05 bits per heavy atom. The van der Waals surface area contributed by atoms with Gasteiger partial charge in [0.1, 0.15) is 0 Å². The zero-order valence-corrected chi connectivity index (χ0v) is 11.4. The molecule has 4 nitrogen and oxygen atoms in total. The molecular weight excluding hydrogens is 238 g/mol. The zero-order valence-electron chi connectivity index (χ0n) is 11.4. The van der Waals surface area contributed by atoms with Gasteiger partial charge in [-0.3, -0.25) is 4.90 Å². The molecule has 0 amide bonds. The van der Waals surface area contributed by atoms with Gasteiger partial charge < -0.3 is 15.0 Å². The Balaban J connectivity index is 1.94. The molecule has 1 aliphatic rings. The molecule has 102 valence electrons. The predicted molar refractivity (Wildman–Crippen MR) is 78.1 cm³/mol. The van der Waals surface area contributed by atoms with Crippen LogP contribution in [0, 0.1) is 0 Å². The summed E-state index contributed by atoms with van der Waals surface area (Å²) in [6.07, 6.45) is 2.26. The number of benzene rings is 1. The molecule has 0 saturated carbocycles. The molecule has 4 heteroatoms. The highest BCUT2D eigenvalue weighted by molar-refractivity contribution is 5.86. The SMILES string of the molecule is CCn1cc(CN2CCOCC2)c2ccc(N)cc21. The van der Waals surface area contributed by atoms with E-state index >= 15 is 0 Å². The van der Waals surface area contributed by atoms with Crippen LogP contribution in [-0.2, 0) is 17.8 Å². The fourth-order valence-corrected chi connectivity index (χ4v) is 2.77. The molecule has 1 saturated heterocycles. The Morgan fingerprint density at radius 3 is 2.79 bits per heavy atom. The van der Waals surface area contributed by atoms with Crippen molar-refractivity contribution in [1.29, 1.82) is 0 Å². The third-order valence-electron chi connectivity index (χ3n) is 3.83. The van der Waals surface area contributed by atoms with Crippen LogP contribution >= 0.6 is 0 Å². The lowest BCUT2D eigenvalue weighted by molar-refractivity contribution is 0.0343. The minimum absolute atomic E-state index is 0.832. The topological polar surface area (TPSA) is 43.4 Å². The van der Waals surface area contributed by atoms with Crippen LogP contribution in [0.15, 0.2) is 24.4 Å². The van der Waals surface area contributed by atoms with Crippen molar-refractivity contribution in [2.24, 2.45) is 0 Å². The van der Waals surface area contributed by atoms with E-state index in [2.05, 4.69) is 34.7 Å². The lowest BCUT2D eigenvalue weighted by Crippen LogP contribution is -2.35. The van der Waals surface area contributed by atoms with Crippen LogP contribution in [0.4, 0.5) is 5.69 Å². The second-order valence-corrected chi connectivity index (χ2v) is 5.11. The van der Waals surface area contributed by atoms with Gasteiger partial charge in [0.15, 0.2) is 0 Å². The van der Waals surface area contributed by atoms with Crippen molar-refractivity contribution in [2.45, 2.75) is 20.0 Å². The monoisotopic (exact) mass is 259 g/mol. The molecule has 0 atom stereocenters. The van der Waals surface area contributed by atoms with Crippen molar-refractivity contribution >= 4 is 16.6 Å². The number of nitrogens with zero attached hydrogens (tertiary/aromatic N) is 2. The molecule has 2 heterocycles. The second kappa shape index (κ2) is 5.23. The quantitative estimate of drug-likeness (QED) is 0.858. The molecule has 1 aromatic heterocycles. The first-order valence-electron chi connectivity index (χ1n) is 6.95. The molecule has 1 aliphatic heterocycles. The smallest absolute Gasteiger partial charge is 0.0594 e. The van der Waals surface area contributed by atoms with Gasteiger partial charge in [0.05, 0.1) is 18.7 Å². The van der Waals surface area contributed by atoms with Crippen LogP contribution in [0.3, 0.4) is 0 Å². The first-order valence-corrected chi connectivity index (χ1v) is 6.95. The number of fused-ring (bicyclic) bond motifs is 1. The average Bonchev–Trinajstić information content (AvgIpc) is 2.77. The number of ether oxygens (including phenoxy) is 1. The molecule has 1 fully saturated rings. The maximum absolute atomic E-state index is 5.90. The van der Waals surface area contributed by atoms with E-state index in [-0.39, 0.29) is 0 Å². The van der Waals surface area contributed by atoms with Gasteiger partial charge in [-0.1, -0.05) is 6.07 Å². The number of hydrogen-bond acceptors (Lipinski definition) is 3. The third-order valence-corrected chi connectivity index (χ3v) is 3.83. The predicted octanol–water partition coefficient (Wildman–Crippen LogP) is 2.08. The van der Waals surface area contributed by atoms with E-state index in [4.69, 9.17) is 10.5 Å². The van der Waals surface area contributed by atoms with E-state index in [1.165, 1.54) is 16.5 Å². The number of hydrogen-bond donors (Lipinski definition) is 1. The summed E-state index contributed by atoms with van der Waals surface area (Å²) in [5.41, 5.74) is 9.36. The summed E-state index contributed by atoms with van der Waals surface area (Å²) in [5.74, 6) is 0. The lowest BCUT2D eigenvalue weighted by atomic mass is 10.1. The van der Waals surface area contributed by atoms with Crippen molar-refractivity contribution in [2.75, 3.05) is 32.0 Å². The van der Waals surface area contributed by atoms with Crippen molar-refractivity contribution in [3.8, 4) is 0 Å². The first kappa shape index (κ1) is 12.5. The molecule has 1 aromatic carbocycles. The second-order valence-electron chi connectivity index (χ2n) is 5.11. The summed E-state index contributed by atoms with van der Waals surface area (Å²) < 4.78 is 7.68. The van der Waals surface area contributed by atoms with Crippen LogP contribution in [0.25, 0.3) is 10.9 Å². The highest BCUT2D eigenvalue weighted by Gasteiger charge is 2.14. The van der Waals surface area contributed by atoms with E-state index in [0.29, 0.717) is 0 Å². The summed E-state index contributed by atoms with van der Waals surface area (Å²) in [6.45, 7) is 7.88. The molecule has 3 rings (SSSR count). The van der Waals surface area contributed by atoms with E-state index in [1.807, 2.05) is 6.07 Å². The average molecular weight is 259 g/mol. The van der Waals surface area contributed by atoms with E-state index < -0.39 is 0 Å². The van der Waals surface area contributed by atoms with E-state index in [1.54, 1.807) is 0 Å². The third kappa shape index (κ3) is 2.46. The molecule has 19 heavy (non-hydrogen) atoms. The molecule has 0 spiro atoms. The Morgan fingerprint density at radius 1 is 1.26 bits per heavy atom. The molecule has 0 bridgehead atoms. The Hall–Kier alpha value is -1.52. The van der Waals surface area contributed by atoms with Gasteiger partial charge in [0, 0.05) is 43.4 Å². The largest absolute Gasteiger partial charge is 0.399 e. The molecule has 2 aromatic rings. The molecule has 0 radical (unpaired) electrons. The Bertz CT molecular complexity index is 570. The summed E-state index contributed by atoms with van der Waals surface area (Å²) in [6, 6.07) is 6.21. The van der Waals surface area contributed by atoms with Gasteiger partial charge in [-0.2, -0.15) is 0 Å². The van der Waals surface area contributed by atoms with Crippen LogP contribution in [0.2, 0.25) is 0 Å². The summed E-state index contributed by atoms with van der Waals surface area (Å²) in [4.78, 5) is 2.45. The van der Waals surface area contributed by atoms with Crippen LogP contribution in [-0.4, -0.2) is 35.8 Å². The van der Waals surface area contributed by atoms with Gasteiger partial charge in [0.2, 0.25) is 0 Å². The Kier molecular flexibility index (Phi) is 3.44. The lowest BCUT2D eigenvalue weighted by Gasteiger charge is -2.26. The van der Waals surface area contributed by atoms with Crippen molar-refractivity contribution < 1.29 is 4.74 Å². The number of anilines is 1. The minimum Gasteiger partial charge on any atom is -0.399 e. The van der Waals surface area contributed by atoms with E-state index in [9.17, 15) is 0 Å². The standard InChI is InChI=1S/C15H21N3O/c1-2-18-11-12(10-17-5-7-19-8-6-17)14-4-3-13(16)9-15(14)18/h3-4,9,11H,2,5-8,10,16H2,1H3. The first-order chi connectivity index (χ1) is 9.28. The number of aryl methyl sites for hydroxylation is 1. The number of nitrogen functional groups attached to an aromatic ring is 1. The van der Waals surface area contributed by atoms with Crippen molar-refractivity contribution in [3.63, 3.8) is 0 Å². The maximum Gasteiger partial charge on any atom is 0.0594 e. The number of morpholine rings is 1.